The number of esters is 1. The Morgan fingerprint density at radius 2 is 1.86 bits per heavy atom. The van der Waals surface area contributed by atoms with E-state index >= 15 is 0 Å². The van der Waals surface area contributed by atoms with E-state index in [0.29, 0.717) is 13.2 Å². The Morgan fingerprint density at radius 3 is 2.29 bits per heavy atom. The van der Waals surface area contributed by atoms with Gasteiger partial charge in [-0.2, -0.15) is 0 Å². The summed E-state index contributed by atoms with van der Waals surface area (Å²) in [5.74, 6) is -1.60. The van der Waals surface area contributed by atoms with Gasteiger partial charge in [-0.05, 0) is 5.56 Å². The molecule has 0 bridgehead atoms. The third kappa shape index (κ3) is 12.4. The first-order valence-electron chi connectivity index (χ1n) is 6.31. The highest BCUT2D eigenvalue weighted by Gasteiger charge is 2.00. The molecule has 0 atom stereocenters. The molecule has 1 aromatic rings. The molecule has 0 heterocycles. The molecule has 1 amide bonds. The van der Waals surface area contributed by atoms with Crippen molar-refractivity contribution >= 4 is 17.8 Å². The van der Waals surface area contributed by atoms with E-state index in [9.17, 15) is 14.4 Å². The van der Waals surface area contributed by atoms with Crippen molar-refractivity contribution in [3.05, 3.63) is 35.9 Å². The summed E-state index contributed by atoms with van der Waals surface area (Å²) in [4.78, 5) is 30.6. The molecule has 1 rings (SSSR count). The number of carboxylic acids is 1. The lowest BCUT2D eigenvalue weighted by Gasteiger charge is -2.02. The zero-order chi connectivity index (χ0) is 16.1. The average Bonchev–Trinajstić information content (AvgIpc) is 2.45. The van der Waals surface area contributed by atoms with Gasteiger partial charge in [-0.3, -0.25) is 14.4 Å². The van der Waals surface area contributed by atoms with E-state index in [0.717, 1.165) is 5.56 Å². The number of nitrogens with one attached hydrogen (secondary N) is 1. The van der Waals surface area contributed by atoms with E-state index in [1.54, 1.807) is 0 Å². The summed E-state index contributed by atoms with van der Waals surface area (Å²) >= 11 is 0. The third-order valence-corrected chi connectivity index (χ3v) is 2.08. The molecule has 7 heteroatoms. The van der Waals surface area contributed by atoms with Crippen LogP contribution in [0.3, 0.4) is 0 Å². The molecule has 0 aliphatic heterocycles. The van der Waals surface area contributed by atoms with Gasteiger partial charge in [0, 0.05) is 13.5 Å². The van der Waals surface area contributed by atoms with Gasteiger partial charge >= 0.3 is 11.9 Å². The quantitative estimate of drug-likeness (QED) is 0.649. The summed E-state index contributed by atoms with van der Waals surface area (Å²) in [5.41, 5.74) is 6.19. The van der Waals surface area contributed by atoms with Gasteiger partial charge in [-0.25, -0.2) is 0 Å². The van der Waals surface area contributed by atoms with E-state index in [2.05, 4.69) is 5.32 Å². The summed E-state index contributed by atoms with van der Waals surface area (Å²) < 4.78 is 4.95. The summed E-state index contributed by atoms with van der Waals surface area (Å²) in [7, 11) is 0. The van der Waals surface area contributed by atoms with Crippen molar-refractivity contribution in [2.24, 2.45) is 5.73 Å². The van der Waals surface area contributed by atoms with Crippen molar-refractivity contribution in [3.63, 3.8) is 0 Å². The second-order valence-corrected chi connectivity index (χ2v) is 3.99. The summed E-state index contributed by atoms with van der Waals surface area (Å²) in [6, 6.07) is 9.56. The molecular formula is C14H20N2O5. The maximum Gasteiger partial charge on any atom is 0.322 e. The Hall–Kier alpha value is -2.41. The highest BCUT2D eigenvalue weighted by Crippen LogP contribution is 2.00. The fraction of sp³-hybridized carbons (Fsp3) is 0.357. The Kier molecular flexibility index (Phi) is 10.1. The number of nitrogens with two attached hydrogens (primary N) is 1. The molecule has 0 radical (unpaired) electrons. The minimum absolute atomic E-state index is 0.244. The van der Waals surface area contributed by atoms with Crippen LogP contribution in [0, 0.1) is 0 Å². The van der Waals surface area contributed by atoms with Crippen LogP contribution in [0.1, 0.15) is 18.9 Å². The standard InChI is InChI=1S/C10H13NO2.C4H7NO3/c11-7-6-10(12)13-8-9-4-2-1-3-5-9;1-3(6)5-2-4(7)8/h1-5H,6-8,11H2;2H2,1H3,(H,5,6)(H,7,8). The predicted octanol–water partition coefficient (Wildman–Crippen LogP) is 0.286. The van der Waals surface area contributed by atoms with Gasteiger partial charge in [-0.15, -0.1) is 0 Å². The van der Waals surface area contributed by atoms with Gasteiger partial charge in [0.1, 0.15) is 13.2 Å². The summed E-state index contributed by atoms with van der Waals surface area (Å²) in [6.45, 7) is 1.64. The lowest BCUT2D eigenvalue weighted by atomic mass is 10.2. The number of ether oxygens (including phenoxy) is 1. The fourth-order valence-corrected chi connectivity index (χ4v) is 1.13. The molecule has 0 aliphatic carbocycles. The smallest absolute Gasteiger partial charge is 0.322 e. The van der Waals surface area contributed by atoms with Crippen LogP contribution in [0.4, 0.5) is 0 Å². The largest absolute Gasteiger partial charge is 0.480 e. The fourth-order valence-electron chi connectivity index (χ4n) is 1.13. The number of benzene rings is 1. The van der Waals surface area contributed by atoms with Crippen LogP contribution in [0.5, 0.6) is 0 Å². The Bertz CT molecular complexity index is 434. The zero-order valence-electron chi connectivity index (χ0n) is 11.9. The molecule has 4 N–H and O–H groups in total. The molecular weight excluding hydrogens is 276 g/mol. The van der Waals surface area contributed by atoms with Gasteiger partial charge in [0.2, 0.25) is 5.91 Å². The minimum Gasteiger partial charge on any atom is -0.480 e. The van der Waals surface area contributed by atoms with E-state index in [1.807, 2.05) is 30.3 Å². The zero-order valence-corrected chi connectivity index (χ0v) is 11.9. The van der Waals surface area contributed by atoms with E-state index in [1.165, 1.54) is 6.92 Å². The molecule has 0 aliphatic rings. The lowest BCUT2D eigenvalue weighted by molar-refractivity contribution is -0.144. The monoisotopic (exact) mass is 296 g/mol. The van der Waals surface area contributed by atoms with E-state index in [4.69, 9.17) is 15.6 Å². The van der Waals surface area contributed by atoms with Crippen molar-refractivity contribution < 1.29 is 24.2 Å². The van der Waals surface area contributed by atoms with Crippen LogP contribution in [-0.4, -0.2) is 36.0 Å². The van der Waals surface area contributed by atoms with E-state index < -0.39 is 5.97 Å². The number of hydrogen-bond donors (Lipinski definition) is 3. The predicted molar refractivity (Wildman–Crippen MR) is 76.2 cm³/mol. The number of carbonyl (C=O) groups excluding carboxylic acids is 2. The number of rotatable bonds is 6. The molecule has 0 spiro atoms. The number of aliphatic carboxylic acids is 1. The van der Waals surface area contributed by atoms with Crippen molar-refractivity contribution in [1.82, 2.24) is 5.32 Å². The SMILES string of the molecule is CC(=O)NCC(=O)O.NCCC(=O)OCc1ccccc1. The van der Waals surface area contributed by atoms with Crippen LogP contribution in [0.25, 0.3) is 0 Å². The maximum absolute atomic E-state index is 10.9. The average molecular weight is 296 g/mol. The molecule has 1 aromatic carbocycles. The Balaban J connectivity index is 0.000000433. The first-order chi connectivity index (χ1) is 9.95. The molecule has 21 heavy (non-hydrogen) atoms. The Morgan fingerprint density at radius 1 is 1.24 bits per heavy atom. The molecule has 0 saturated heterocycles. The summed E-state index contributed by atoms with van der Waals surface area (Å²) in [6.07, 6.45) is 0.285. The van der Waals surface area contributed by atoms with Gasteiger partial charge in [0.25, 0.3) is 0 Å². The second kappa shape index (κ2) is 11.4. The number of amides is 1. The van der Waals surface area contributed by atoms with Crippen LogP contribution < -0.4 is 11.1 Å². The van der Waals surface area contributed by atoms with Gasteiger partial charge in [0.05, 0.1) is 6.42 Å². The molecule has 0 fully saturated rings. The first-order valence-corrected chi connectivity index (χ1v) is 6.31. The normalized spacial score (nSPS) is 9.05. The highest BCUT2D eigenvalue weighted by molar-refractivity contribution is 5.79. The molecule has 0 aromatic heterocycles. The van der Waals surface area contributed by atoms with Crippen molar-refractivity contribution in [1.29, 1.82) is 0 Å². The molecule has 0 saturated carbocycles. The van der Waals surface area contributed by atoms with Gasteiger partial charge in [-0.1, -0.05) is 30.3 Å². The number of carbonyl (C=O) groups is 3. The minimum atomic E-state index is -1.03. The summed E-state index contributed by atoms with van der Waals surface area (Å²) in [5, 5.41) is 10.1. The van der Waals surface area contributed by atoms with Gasteiger partial charge < -0.3 is 20.9 Å². The Labute approximate surface area is 123 Å². The van der Waals surface area contributed by atoms with Crippen LogP contribution in [0.15, 0.2) is 30.3 Å². The van der Waals surface area contributed by atoms with Crippen molar-refractivity contribution in [2.45, 2.75) is 20.0 Å². The third-order valence-electron chi connectivity index (χ3n) is 2.08. The molecule has 7 nitrogen and oxygen atoms in total. The van der Waals surface area contributed by atoms with Crippen LogP contribution in [0.2, 0.25) is 0 Å². The number of hydrogen-bond acceptors (Lipinski definition) is 5. The van der Waals surface area contributed by atoms with Crippen molar-refractivity contribution in [2.75, 3.05) is 13.1 Å². The van der Waals surface area contributed by atoms with Gasteiger partial charge in [0.15, 0.2) is 0 Å². The van der Waals surface area contributed by atoms with Crippen LogP contribution in [-0.2, 0) is 25.7 Å². The lowest BCUT2D eigenvalue weighted by Crippen LogP contribution is -2.26. The van der Waals surface area contributed by atoms with E-state index in [-0.39, 0.29) is 24.8 Å². The van der Waals surface area contributed by atoms with Crippen molar-refractivity contribution in [3.8, 4) is 0 Å². The van der Waals surface area contributed by atoms with Crippen LogP contribution >= 0.6 is 0 Å². The highest BCUT2D eigenvalue weighted by atomic mass is 16.5. The number of carboxylic acid groups (broad SMARTS) is 1. The second-order valence-electron chi connectivity index (χ2n) is 3.99. The molecule has 116 valence electrons. The topological polar surface area (TPSA) is 119 Å². The first kappa shape index (κ1) is 18.6. The molecule has 0 unspecified atom stereocenters. The maximum atomic E-state index is 10.9.